The van der Waals surface area contributed by atoms with Crippen LogP contribution in [0.3, 0.4) is 0 Å². The van der Waals surface area contributed by atoms with E-state index >= 15 is 0 Å². The predicted octanol–water partition coefficient (Wildman–Crippen LogP) is -0.125. The molecular weight excluding hydrogens is 168 g/mol. The zero-order valence-electron chi connectivity index (χ0n) is 8.31. The Morgan fingerprint density at radius 2 is 2.08 bits per heavy atom. The molecule has 3 N–H and O–H groups in total. The van der Waals surface area contributed by atoms with Crippen molar-refractivity contribution in [3.8, 4) is 0 Å². The molecule has 0 fully saturated rings. The molecule has 0 aromatic heterocycles. The van der Waals surface area contributed by atoms with Crippen LogP contribution in [-0.4, -0.2) is 37.3 Å². The van der Waals surface area contributed by atoms with Crippen molar-refractivity contribution in [3.05, 3.63) is 0 Å². The zero-order valence-corrected chi connectivity index (χ0v) is 8.31. The molecular formula is C9H20N2O2. The summed E-state index contributed by atoms with van der Waals surface area (Å²) >= 11 is 0. The van der Waals surface area contributed by atoms with Gasteiger partial charge in [0.25, 0.3) is 0 Å². The molecule has 0 aliphatic carbocycles. The van der Waals surface area contributed by atoms with Crippen LogP contribution >= 0.6 is 0 Å². The van der Waals surface area contributed by atoms with Gasteiger partial charge in [0.2, 0.25) is 5.91 Å². The number of amides is 1. The summed E-state index contributed by atoms with van der Waals surface area (Å²) in [5, 5.41) is 14.4. The van der Waals surface area contributed by atoms with Crippen LogP contribution < -0.4 is 10.6 Å². The summed E-state index contributed by atoms with van der Waals surface area (Å²) in [4.78, 5) is 11.0. The first-order valence-corrected chi connectivity index (χ1v) is 4.89. The third kappa shape index (κ3) is 9.30. The highest BCUT2D eigenvalue weighted by molar-refractivity contribution is 5.75. The highest BCUT2D eigenvalue weighted by Crippen LogP contribution is 1.86. The Labute approximate surface area is 79.7 Å². The van der Waals surface area contributed by atoms with E-state index in [1.54, 1.807) is 0 Å². The molecule has 0 atom stereocenters. The van der Waals surface area contributed by atoms with Gasteiger partial charge in [-0.2, -0.15) is 0 Å². The summed E-state index contributed by atoms with van der Waals surface area (Å²) < 4.78 is 0. The number of aliphatic hydroxyl groups is 1. The van der Waals surface area contributed by atoms with E-state index in [4.69, 9.17) is 5.11 Å². The van der Waals surface area contributed by atoms with E-state index in [9.17, 15) is 4.79 Å². The van der Waals surface area contributed by atoms with E-state index in [-0.39, 0.29) is 12.5 Å². The van der Waals surface area contributed by atoms with Crippen LogP contribution in [0, 0.1) is 0 Å². The number of rotatable bonds is 8. The summed E-state index contributed by atoms with van der Waals surface area (Å²) in [6.07, 6.45) is 1.94. The average molecular weight is 188 g/mol. The lowest BCUT2D eigenvalue weighted by atomic mass is 10.3. The summed E-state index contributed by atoms with van der Waals surface area (Å²) in [5.74, 6) is 0.0329. The van der Waals surface area contributed by atoms with Crippen molar-refractivity contribution < 1.29 is 9.90 Å². The van der Waals surface area contributed by atoms with Crippen LogP contribution in [0.5, 0.6) is 0 Å². The van der Waals surface area contributed by atoms with Crippen molar-refractivity contribution in [2.45, 2.75) is 26.2 Å². The van der Waals surface area contributed by atoms with E-state index in [1.807, 2.05) is 0 Å². The smallest absolute Gasteiger partial charge is 0.220 e. The number of aliphatic hydroxyl groups excluding tert-OH is 1. The van der Waals surface area contributed by atoms with Crippen molar-refractivity contribution in [1.82, 2.24) is 10.6 Å². The first-order chi connectivity index (χ1) is 6.31. The lowest BCUT2D eigenvalue weighted by Crippen LogP contribution is -2.27. The van der Waals surface area contributed by atoms with E-state index in [2.05, 4.69) is 17.6 Å². The summed E-state index contributed by atoms with van der Waals surface area (Å²) in [5.41, 5.74) is 0. The van der Waals surface area contributed by atoms with Crippen LogP contribution in [0.1, 0.15) is 26.2 Å². The van der Waals surface area contributed by atoms with Gasteiger partial charge in [0, 0.05) is 19.6 Å². The van der Waals surface area contributed by atoms with Crippen molar-refractivity contribution in [3.63, 3.8) is 0 Å². The summed E-state index contributed by atoms with van der Waals surface area (Å²) in [6.45, 7) is 4.77. The number of carbonyl (C=O) groups excluding carboxylic acids is 1. The maximum atomic E-state index is 11.0. The molecule has 0 saturated carbocycles. The minimum absolute atomic E-state index is 0.0329. The molecule has 0 spiro atoms. The molecule has 0 bridgehead atoms. The van der Waals surface area contributed by atoms with Gasteiger partial charge in [-0.15, -0.1) is 0 Å². The van der Waals surface area contributed by atoms with Gasteiger partial charge in [-0.3, -0.25) is 4.79 Å². The second kappa shape index (κ2) is 9.48. The average Bonchev–Trinajstić information content (AvgIpc) is 2.14. The Balaban J connectivity index is 3.08. The minimum Gasteiger partial charge on any atom is -0.396 e. The van der Waals surface area contributed by atoms with Gasteiger partial charge in [-0.25, -0.2) is 0 Å². The maximum Gasteiger partial charge on any atom is 0.220 e. The lowest BCUT2D eigenvalue weighted by Gasteiger charge is -2.04. The van der Waals surface area contributed by atoms with Crippen molar-refractivity contribution in [1.29, 1.82) is 0 Å². The Bertz CT molecular complexity index is 129. The Morgan fingerprint density at radius 1 is 1.31 bits per heavy atom. The van der Waals surface area contributed by atoms with Crippen molar-refractivity contribution in [2.24, 2.45) is 0 Å². The van der Waals surface area contributed by atoms with E-state index in [0.717, 1.165) is 26.1 Å². The van der Waals surface area contributed by atoms with E-state index in [1.165, 1.54) is 0 Å². The summed E-state index contributed by atoms with van der Waals surface area (Å²) in [7, 11) is 0. The molecule has 78 valence electrons. The fourth-order valence-corrected chi connectivity index (χ4v) is 0.946. The molecule has 4 nitrogen and oxygen atoms in total. The number of hydrogen-bond donors (Lipinski definition) is 3. The van der Waals surface area contributed by atoms with Crippen LogP contribution in [0.2, 0.25) is 0 Å². The first kappa shape index (κ1) is 12.4. The number of nitrogens with one attached hydrogen (secondary N) is 2. The fourth-order valence-electron chi connectivity index (χ4n) is 0.946. The van der Waals surface area contributed by atoms with Gasteiger partial charge in [-0.05, 0) is 25.9 Å². The zero-order chi connectivity index (χ0) is 9.94. The quantitative estimate of drug-likeness (QED) is 0.465. The van der Waals surface area contributed by atoms with Gasteiger partial charge in [0.15, 0.2) is 0 Å². The first-order valence-electron chi connectivity index (χ1n) is 4.89. The standard InChI is InChI=1S/C9H20N2O2/c1-2-10-6-4-7-11-9(13)5-3-8-12/h10,12H,2-8H2,1H3,(H,11,13). The molecule has 0 radical (unpaired) electrons. The Morgan fingerprint density at radius 3 is 2.69 bits per heavy atom. The fraction of sp³-hybridized carbons (Fsp3) is 0.889. The second-order valence-corrected chi connectivity index (χ2v) is 2.88. The molecule has 0 aromatic carbocycles. The monoisotopic (exact) mass is 188 g/mol. The number of hydrogen-bond acceptors (Lipinski definition) is 3. The molecule has 1 amide bonds. The third-order valence-electron chi connectivity index (χ3n) is 1.66. The van der Waals surface area contributed by atoms with E-state index in [0.29, 0.717) is 12.8 Å². The highest BCUT2D eigenvalue weighted by Gasteiger charge is 1.98. The summed E-state index contributed by atoms with van der Waals surface area (Å²) in [6, 6.07) is 0. The Kier molecular flexibility index (Phi) is 9.03. The third-order valence-corrected chi connectivity index (χ3v) is 1.66. The minimum atomic E-state index is 0.0329. The van der Waals surface area contributed by atoms with Gasteiger partial charge in [-0.1, -0.05) is 6.92 Å². The molecule has 0 unspecified atom stereocenters. The molecule has 0 heterocycles. The molecule has 13 heavy (non-hydrogen) atoms. The largest absolute Gasteiger partial charge is 0.396 e. The van der Waals surface area contributed by atoms with Gasteiger partial charge in [0.1, 0.15) is 0 Å². The second-order valence-electron chi connectivity index (χ2n) is 2.88. The topological polar surface area (TPSA) is 61.4 Å². The molecule has 0 aromatic rings. The van der Waals surface area contributed by atoms with Crippen molar-refractivity contribution in [2.75, 3.05) is 26.2 Å². The number of carbonyl (C=O) groups is 1. The van der Waals surface area contributed by atoms with Crippen LogP contribution in [0.25, 0.3) is 0 Å². The van der Waals surface area contributed by atoms with Gasteiger partial charge >= 0.3 is 0 Å². The van der Waals surface area contributed by atoms with Crippen LogP contribution in [0.4, 0.5) is 0 Å². The highest BCUT2D eigenvalue weighted by atomic mass is 16.3. The predicted molar refractivity (Wildman–Crippen MR) is 52.5 cm³/mol. The molecule has 0 aliphatic rings. The molecule has 0 rings (SSSR count). The van der Waals surface area contributed by atoms with Gasteiger partial charge in [0.05, 0.1) is 0 Å². The van der Waals surface area contributed by atoms with Crippen LogP contribution in [0.15, 0.2) is 0 Å². The normalized spacial score (nSPS) is 10.0. The Hall–Kier alpha value is -0.610. The van der Waals surface area contributed by atoms with Crippen molar-refractivity contribution >= 4 is 5.91 Å². The molecule has 4 heteroatoms. The maximum absolute atomic E-state index is 11.0. The van der Waals surface area contributed by atoms with Gasteiger partial charge < -0.3 is 15.7 Å². The molecule has 0 aliphatic heterocycles. The SMILES string of the molecule is CCNCCCNC(=O)CCCO. The molecule has 0 saturated heterocycles. The lowest BCUT2D eigenvalue weighted by molar-refractivity contribution is -0.121. The van der Waals surface area contributed by atoms with E-state index < -0.39 is 0 Å². The van der Waals surface area contributed by atoms with Crippen LogP contribution in [-0.2, 0) is 4.79 Å².